The van der Waals surface area contributed by atoms with E-state index in [-0.39, 0.29) is 34.2 Å². The third-order valence-corrected chi connectivity index (χ3v) is 7.29. The molecule has 5 heteroatoms. The van der Waals surface area contributed by atoms with Crippen LogP contribution in [0.5, 0.6) is 0 Å². The van der Waals surface area contributed by atoms with Crippen molar-refractivity contribution in [1.29, 1.82) is 0 Å². The lowest BCUT2D eigenvalue weighted by molar-refractivity contribution is -0.298. The molecule has 0 aromatic heterocycles. The van der Waals surface area contributed by atoms with E-state index in [1.54, 1.807) is 0 Å². The third kappa shape index (κ3) is 6.06. The first kappa shape index (κ1) is 25.9. The van der Waals surface area contributed by atoms with Crippen LogP contribution in [0.25, 0.3) is 0 Å². The first-order valence-electron chi connectivity index (χ1n) is 12.5. The summed E-state index contributed by atoms with van der Waals surface area (Å²) in [6.45, 7) is 17.5. The lowest BCUT2D eigenvalue weighted by Crippen LogP contribution is -2.58. The molecule has 2 aliphatic heterocycles. The van der Waals surface area contributed by atoms with E-state index in [2.05, 4.69) is 60.5 Å². The summed E-state index contributed by atoms with van der Waals surface area (Å²) in [6, 6.07) is 10.1. The fourth-order valence-corrected chi connectivity index (χ4v) is 5.73. The van der Waals surface area contributed by atoms with Crippen molar-refractivity contribution in [2.24, 2.45) is 0 Å². The lowest BCUT2D eigenvalue weighted by Gasteiger charge is -2.52. The summed E-state index contributed by atoms with van der Waals surface area (Å²) in [4.78, 5) is 25.5. The van der Waals surface area contributed by atoms with Crippen molar-refractivity contribution in [3.63, 3.8) is 0 Å². The summed E-state index contributed by atoms with van der Waals surface area (Å²) in [5.74, 6) is -0.361. The molecule has 2 aliphatic rings. The molecule has 2 saturated heterocycles. The SMILES string of the molecule is CC1(C)CCCC(C)(C)N1OC(=O)/C=C/C(ON1C(C)(C)CCCC1(C)C)c1ccccc1. The zero-order valence-corrected chi connectivity index (χ0v) is 22.0. The van der Waals surface area contributed by atoms with Crippen LogP contribution in [0.3, 0.4) is 0 Å². The topological polar surface area (TPSA) is 42.0 Å². The van der Waals surface area contributed by atoms with Crippen molar-refractivity contribution in [1.82, 2.24) is 10.1 Å². The van der Waals surface area contributed by atoms with Crippen LogP contribution in [0.1, 0.15) is 106 Å². The monoisotopic (exact) mass is 456 g/mol. The molecule has 0 amide bonds. The molecule has 1 aromatic carbocycles. The Kier molecular flexibility index (Phi) is 7.48. The lowest BCUT2D eigenvalue weighted by atomic mass is 9.82. The summed E-state index contributed by atoms with van der Waals surface area (Å²) in [5.41, 5.74) is 0.443. The minimum absolute atomic E-state index is 0.0923. The highest BCUT2D eigenvalue weighted by atomic mass is 16.7. The Morgan fingerprint density at radius 1 is 0.788 bits per heavy atom. The normalized spacial score (nSPS) is 25.6. The van der Waals surface area contributed by atoms with Gasteiger partial charge in [-0.05, 0) is 106 Å². The van der Waals surface area contributed by atoms with Crippen molar-refractivity contribution >= 4 is 5.97 Å². The van der Waals surface area contributed by atoms with Crippen LogP contribution in [0, 0.1) is 0 Å². The average molecular weight is 457 g/mol. The second-order valence-corrected chi connectivity index (χ2v) is 12.3. The van der Waals surface area contributed by atoms with Gasteiger partial charge in [-0.15, -0.1) is 5.06 Å². The van der Waals surface area contributed by atoms with E-state index >= 15 is 0 Å². The van der Waals surface area contributed by atoms with Gasteiger partial charge in [-0.2, -0.15) is 5.06 Å². The van der Waals surface area contributed by atoms with Crippen LogP contribution in [-0.2, 0) is 14.5 Å². The van der Waals surface area contributed by atoms with Crippen LogP contribution in [-0.4, -0.2) is 38.3 Å². The van der Waals surface area contributed by atoms with Gasteiger partial charge in [-0.1, -0.05) is 30.3 Å². The molecule has 184 valence electrons. The zero-order valence-electron chi connectivity index (χ0n) is 22.0. The molecule has 1 unspecified atom stereocenters. The van der Waals surface area contributed by atoms with E-state index in [4.69, 9.17) is 9.68 Å². The van der Waals surface area contributed by atoms with Gasteiger partial charge in [0.05, 0.1) is 11.1 Å². The summed E-state index contributed by atoms with van der Waals surface area (Å²) in [5, 5.41) is 4.04. The summed E-state index contributed by atoms with van der Waals surface area (Å²) in [7, 11) is 0. The smallest absolute Gasteiger partial charge is 0.349 e. The molecular weight excluding hydrogens is 412 g/mol. The highest BCUT2D eigenvalue weighted by molar-refractivity contribution is 5.81. The largest absolute Gasteiger partial charge is 0.363 e. The first-order valence-corrected chi connectivity index (χ1v) is 12.5. The van der Waals surface area contributed by atoms with Crippen LogP contribution >= 0.6 is 0 Å². The van der Waals surface area contributed by atoms with E-state index < -0.39 is 0 Å². The minimum Gasteiger partial charge on any atom is -0.363 e. The van der Waals surface area contributed by atoms with Gasteiger partial charge in [0.15, 0.2) is 0 Å². The van der Waals surface area contributed by atoms with Gasteiger partial charge < -0.3 is 4.84 Å². The maximum Gasteiger partial charge on any atom is 0.349 e. The first-order chi connectivity index (χ1) is 15.2. The molecule has 0 radical (unpaired) electrons. The van der Waals surface area contributed by atoms with Crippen molar-refractivity contribution in [3.05, 3.63) is 48.0 Å². The molecule has 2 fully saturated rings. The average Bonchev–Trinajstić information content (AvgIpc) is 2.69. The summed E-state index contributed by atoms with van der Waals surface area (Å²) >= 11 is 0. The molecule has 0 bridgehead atoms. The van der Waals surface area contributed by atoms with E-state index in [1.165, 1.54) is 12.5 Å². The standard InChI is InChI=1S/C28H44N2O3/c1-25(2)18-12-19-26(3,4)29(25)32-23(22-14-10-9-11-15-22)16-17-24(31)33-30-27(5,6)20-13-21-28(30,7)8/h9-11,14-17,23H,12-13,18-21H2,1-8H3/b17-16+. The Bertz CT molecular complexity index is 810. The Balaban J connectivity index is 1.81. The molecule has 3 rings (SSSR count). The second kappa shape index (κ2) is 9.52. The Hall–Kier alpha value is -1.69. The molecule has 0 aliphatic carbocycles. The predicted molar refractivity (Wildman–Crippen MR) is 133 cm³/mol. The van der Waals surface area contributed by atoms with E-state index in [1.807, 2.05) is 41.5 Å². The van der Waals surface area contributed by atoms with Crippen molar-refractivity contribution in [3.8, 4) is 0 Å². The number of rotatable bonds is 6. The second-order valence-electron chi connectivity index (χ2n) is 12.3. The zero-order chi connectivity index (χ0) is 24.5. The molecule has 5 nitrogen and oxygen atoms in total. The van der Waals surface area contributed by atoms with Crippen LogP contribution in [0.2, 0.25) is 0 Å². The number of hydroxylamine groups is 4. The highest BCUT2D eigenvalue weighted by Crippen LogP contribution is 2.41. The Morgan fingerprint density at radius 2 is 1.24 bits per heavy atom. The van der Waals surface area contributed by atoms with Crippen LogP contribution < -0.4 is 0 Å². The number of hydrogen-bond donors (Lipinski definition) is 0. The molecule has 0 N–H and O–H groups in total. The number of nitrogens with zero attached hydrogens (tertiary/aromatic N) is 2. The highest BCUT2D eigenvalue weighted by Gasteiger charge is 2.45. The van der Waals surface area contributed by atoms with Gasteiger partial charge in [-0.3, -0.25) is 4.84 Å². The van der Waals surface area contributed by atoms with Crippen molar-refractivity contribution < 1.29 is 14.5 Å². The van der Waals surface area contributed by atoms with Crippen LogP contribution in [0.4, 0.5) is 0 Å². The van der Waals surface area contributed by atoms with Gasteiger partial charge in [0.25, 0.3) is 0 Å². The van der Waals surface area contributed by atoms with Crippen molar-refractivity contribution in [2.45, 2.75) is 122 Å². The van der Waals surface area contributed by atoms with Gasteiger partial charge in [-0.25, -0.2) is 4.79 Å². The van der Waals surface area contributed by atoms with Crippen LogP contribution in [0.15, 0.2) is 42.5 Å². The molecule has 1 atom stereocenters. The maximum atomic E-state index is 12.9. The number of benzene rings is 1. The van der Waals surface area contributed by atoms with Gasteiger partial charge in [0, 0.05) is 17.2 Å². The van der Waals surface area contributed by atoms with Gasteiger partial charge >= 0.3 is 5.97 Å². The summed E-state index contributed by atoms with van der Waals surface area (Å²) in [6.07, 6.45) is 9.45. The Morgan fingerprint density at radius 3 is 1.73 bits per heavy atom. The van der Waals surface area contributed by atoms with Crippen molar-refractivity contribution in [2.75, 3.05) is 0 Å². The molecule has 2 heterocycles. The number of hydrogen-bond acceptors (Lipinski definition) is 5. The molecule has 1 aromatic rings. The Labute approximate surface area is 201 Å². The number of piperidine rings is 2. The van der Waals surface area contributed by atoms with Gasteiger partial charge in [0.2, 0.25) is 0 Å². The molecule has 0 spiro atoms. The molecule has 0 saturated carbocycles. The molecular formula is C28H44N2O3. The predicted octanol–water partition coefficient (Wildman–Crippen LogP) is 6.76. The maximum absolute atomic E-state index is 12.9. The fraction of sp³-hybridized carbons (Fsp3) is 0.679. The molecule has 33 heavy (non-hydrogen) atoms. The number of carbonyl (C=O) groups is 1. The quantitative estimate of drug-likeness (QED) is 0.442. The van der Waals surface area contributed by atoms with E-state index in [0.717, 1.165) is 37.7 Å². The van der Waals surface area contributed by atoms with E-state index in [9.17, 15) is 4.79 Å². The summed E-state index contributed by atoms with van der Waals surface area (Å²) < 4.78 is 0. The minimum atomic E-state index is -0.377. The van der Waals surface area contributed by atoms with Gasteiger partial charge in [0.1, 0.15) is 6.10 Å². The van der Waals surface area contributed by atoms with E-state index in [0.29, 0.717) is 0 Å². The third-order valence-electron chi connectivity index (χ3n) is 7.29. The number of carbonyl (C=O) groups excluding carboxylic acids is 1. The fourth-order valence-electron chi connectivity index (χ4n) is 5.73.